The number of rotatable bonds is 9. The summed E-state index contributed by atoms with van der Waals surface area (Å²) in [6.45, 7) is 11.1. The fraction of sp³-hybridized carbons (Fsp3) is 0.458. The van der Waals surface area contributed by atoms with E-state index in [1.807, 2.05) is 39.2 Å². The number of benzene rings is 1. The quantitative estimate of drug-likeness (QED) is 0.416. The Morgan fingerprint density at radius 2 is 1.85 bits per heavy atom. The smallest absolute Gasteiger partial charge is 0.276 e. The van der Waals surface area contributed by atoms with Gasteiger partial charge in [-0.25, -0.2) is 4.98 Å². The van der Waals surface area contributed by atoms with Gasteiger partial charge in [-0.05, 0) is 51.0 Å². The fourth-order valence-electron chi connectivity index (χ4n) is 3.60. The highest BCUT2D eigenvalue weighted by molar-refractivity contribution is 6.03. The molecule has 4 N–H and O–H groups in total. The zero-order valence-electron chi connectivity index (χ0n) is 20.4. The lowest BCUT2D eigenvalue weighted by Crippen LogP contribution is -2.35. The highest BCUT2D eigenvalue weighted by Gasteiger charge is 2.21. The van der Waals surface area contributed by atoms with Gasteiger partial charge in [0.25, 0.3) is 5.91 Å². The van der Waals surface area contributed by atoms with Crippen molar-refractivity contribution in [2.24, 2.45) is 11.1 Å². The van der Waals surface area contributed by atoms with Gasteiger partial charge < -0.3 is 15.6 Å². The van der Waals surface area contributed by atoms with E-state index in [1.54, 1.807) is 28.9 Å². The zero-order chi connectivity index (χ0) is 25.0. The van der Waals surface area contributed by atoms with Crippen molar-refractivity contribution in [1.29, 1.82) is 0 Å². The van der Waals surface area contributed by atoms with Crippen molar-refractivity contribution in [2.45, 2.75) is 60.5 Å². The number of nitrogens with two attached hydrogens (primary N) is 1. The van der Waals surface area contributed by atoms with Gasteiger partial charge >= 0.3 is 0 Å². The molecule has 0 aliphatic rings. The summed E-state index contributed by atoms with van der Waals surface area (Å²) < 4.78 is 3.55. The van der Waals surface area contributed by atoms with Gasteiger partial charge in [0, 0.05) is 30.6 Å². The third-order valence-electron chi connectivity index (χ3n) is 5.47. The summed E-state index contributed by atoms with van der Waals surface area (Å²) in [5, 5.41) is 10.2. The number of nitrogens with zero attached hydrogens (tertiary/aromatic N) is 4. The number of nitrogens with one attached hydrogen (secondary N) is 2. The first-order chi connectivity index (χ1) is 16.0. The molecule has 0 saturated carbocycles. The van der Waals surface area contributed by atoms with Crippen LogP contribution in [0.15, 0.2) is 24.3 Å². The van der Waals surface area contributed by atoms with Gasteiger partial charge in [-0.1, -0.05) is 20.8 Å². The molecule has 0 atom stereocenters. The highest BCUT2D eigenvalue weighted by Crippen LogP contribution is 2.23. The number of amides is 3. The first kappa shape index (κ1) is 24.9. The summed E-state index contributed by atoms with van der Waals surface area (Å²) in [6, 6.07) is 6.77. The number of hydrogen-bond donors (Lipinski definition) is 3. The van der Waals surface area contributed by atoms with E-state index in [9.17, 15) is 14.4 Å². The minimum absolute atomic E-state index is 0.00958. The fourth-order valence-corrected chi connectivity index (χ4v) is 3.60. The molecule has 0 aliphatic carbocycles. The van der Waals surface area contributed by atoms with Crippen molar-refractivity contribution in [3.8, 4) is 0 Å². The third-order valence-corrected chi connectivity index (χ3v) is 5.47. The molecule has 2 heterocycles. The molecular weight excluding hydrogens is 434 g/mol. The number of imidazole rings is 1. The van der Waals surface area contributed by atoms with Crippen LogP contribution in [0.1, 0.15) is 67.1 Å². The predicted molar refractivity (Wildman–Crippen MR) is 131 cm³/mol. The van der Waals surface area contributed by atoms with Crippen LogP contribution in [-0.2, 0) is 17.9 Å². The zero-order valence-corrected chi connectivity index (χ0v) is 20.4. The molecule has 0 radical (unpaired) electrons. The van der Waals surface area contributed by atoms with E-state index in [-0.39, 0.29) is 11.8 Å². The second-order valence-electron chi connectivity index (χ2n) is 9.31. The van der Waals surface area contributed by atoms with Crippen molar-refractivity contribution in [1.82, 2.24) is 24.6 Å². The Morgan fingerprint density at radius 1 is 1.12 bits per heavy atom. The average molecular weight is 468 g/mol. The summed E-state index contributed by atoms with van der Waals surface area (Å²) >= 11 is 0. The van der Waals surface area contributed by atoms with Crippen LogP contribution in [0, 0.1) is 12.3 Å². The Labute approximate surface area is 198 Å². The van der Waals surface area contributed by atoms with E-state index in [1.165, 1.54) is 0 Å². The summed E-state index contributed by atoms with van der Waals surface area (Å²) in [6.07, 6.45) is 1.51. The normalized spacial score (nSPS) is 11.6. The van der Waals surface area contributed by atoms with E-state index in [0.717, 1.165) is 24.1 Å². The van der Waals surface area contributed by atoms with Crippen molar-refractivity contribution >= 4 is 34.7 Å². The van der Waals surface area contributed by atoms with Crippen LogP contribution >= 0.6 is 0 Å². The van der Waals surface area contributed by atoms with Crippen molar-refractivity contribution in [3.05, 3.63) is 41.2 Å². The lowest BCUT2D eigenvalue weighted by molar-refractivity contribution is -0.128. The summed E-state index contributed by atoms with van der Waals surface area (Å²) in [7, 11) is 0. The van der Waals surface area contributed by atoms with Gasteiger partial charge in [-0.15, -0.1) is 0 Å². The molecule has 1 aromatic carbocycles. The number of carbonyl (C=O) groups is 3. The molecule has 182 valence electrons. The number of primary amides is 1. The Morgan fingerprint density at radius 3 is 2.50 bits per heavy atom. The molecular formula is C24H33N7O3. The molecule has 10 nitrogen and oxygen atoms in total. The molecule has 0 unspecified atom stereocenters. The third kappa shape index (κ3) is 5.62. The summed E-state index contributed by atoms with van der Waals surface area (Å²) in [5.41, 5.74) is 7.88. The van der Waals surface area contributed by atoms with E-state index in [4.69, 9.17) is 5.73 Å². The predicted octanol–water partition coefficient (Wildman–Crippen LogP) is 2.85. The summed E-state index contributed by atoms with van der Waals surface area (Å²) in [5.74, 6) is -0.470. The molecule has 10 heteroatoms. The number of unbranched alkanes of at least 4 members (excludes halogenated alkanes) is 1. The van der Waals surface area contributed by atoms with Crippen LogP contribution in [-0.4, -0.2) is 43.6 Å². The highest BCUT2D eigenvalue weighted by atomic mass is 16.2. The first-order valence-electron chi connectivity index (χ1n) is 11.5. The minimum atomic E-state index is -0.543. The van der Waals surface area contributed by atoms with Crippen molar-refractivity contribution in [3.63, 3.8) is 0 Å². The van der Waals surface area contributed by atoms with E-state index in [2.05, 4.69) is 20.7 Å². The van der Waals surface area contributed by atoms with Gasteiger partial charge in [0.05, 0.1) is 16.7 Å². The average Bonchev–Trinajstić information content (AvgIpc) is 3.31. The van der Waals surface area contributed by atoms with Crippen LogP contribution in [0.2, 0.25) is 0 Å². The van der Waals surface area contributed by atoms with E-state index in [0.29, 0.717) is 42.4 Å². The van der Waals surface area contributed by atoms with Gasteiger partial charge in [0.2, 0.25) is 17.8 Å². The number of hydrogen-bond acceptors (Lipinski definition) is 5. The maximum atomic E-state index is 13.0. The molecule has 3 amide bonds. The number of aromatic nitrogens is 4. The Hall–Kier alpha value is -3.69. The molecule has 2 aromatic heterocycles. The van der Waals surface area contributed by atoms with Crippen LogP contribution in [0.5, 0.6) is 0 Å². The van der Waals surface area contributed by atoms with Crippen molar-refractivity contribution < 1.29 is 14.4 Å². The topological polar surface area (TPSA) is 137 Å². The molecule has 3 aromatic rings. The molecule has 0 saturated heterocycles. The van der Waals surface area contributed by atoms with Crippen LogP contribution < -0.4 is 16.4 Å². The standard InChI is InChI=1S/C24H33N7O3/c1-6-31-19(13-15(2)29-31)21(33)28-23-27-17-14-16(20(25)32)9-10-18(17)30(23)12-8-7-11-26-22(34)24(3,4)5/h9-10,13-14H,6-8,11-12H2,1-5H3,(H2,25,32)(H,26,34)(H,27,28,33). The maximum absolute atomic E-state index is 13.0. The molecule has 0 aliphatic heterocycles. The van der Waals surface area contributed by atoms with Crippen LogP contribution in [0.4, 0.5) is 5.95 Å². The lowest BCUT2D eigenvalue weighted by Gasteiger charge is -2.17. The maximum Gasteiger partial charge on any atom is 0.276 e. The van der Waals surface area contributed by atoms with Crippen LogP contribution in [0.25, 0.3) is 11.0 Å². The molecule has 0 spiro atoms. The summed E-state index contributed by atoms with van der Waals surface area (Å²) in [4.78, 5) is 41.3. The minimum Gasteiger partial charge on any atom is -0.366 e. The van der Waals surface area contributed by atoms with Crippen molar-refractivity contribution in [2.75, 3.05) is 11.9 Å². The second-order valence-corrected chi connectivity index (χ2v) is 9.31. The molecule has 34 heavy (non-hydrogen) atoms. The second kappa shape index (κ2) is 10.1. The lowest BCUT2D eigenvalue weighted by atomic mass is 9.96. The van der Waals surface area contributed by atoms with Gasteiger partial charge in [-0.3, -0.25) is 24.4 Å². The number of fused-ring (bicyclic) bond motifs is 1. The van der Waals surface area contributed by atoms with E-state index >= 15 is 0 Å². The Kier molecular flexibility index (Phi) is 7.38. The molecule has 0 bridgehead atoms. The number of aryl methyl sites for hydroxylation is 3. The van der Waals surface area contributed by atoms with Crippen LogP contribution in [0.3, 0.4) is 0 Å². The SMILES string of the molecule is CCn1nc(C)cc1C(=O)Nc1nc2cc(C(N)=O)ccc2n1CCCCNC(=O)C(C)(C)C. The first-order valence-corrected chi connectivity index (χ1v) is 11.5. The number of anilines is 1. The Balaban J connectivity index is 1.81. The molecule has 3 rings (SSSR count). The number of carbonyl (C=O) groups excluding carboxylic acids is 3. The molecule has 0 fully saturated rings. The van der Waals surface area contributed by atoms with E-state index < -0.39 is 11.3 Å². The van der Waals surface area contributed by atoms with Gasteiger partial charge in [0.15, 0.2) is 0 Å². The van der Waals surface area contributed by atoms with Gasteiger partial charge in [-0.2, -0.15) is 5.10 Å². The van der Waals surface area contributed by atoms with Gasteiger partial charge in [0.1, 0.15) is 5.69 Å². The largest absolute Gasteiger partial charge is 0.366 e. The monoisotopic (exact) mass is 467 g/mol. The Bertz CT molecular complexity index is 1220.